The maximum absolute atomic E-state index is 6.27. The van der Waals surface area contributed by atoms with Gasteiger partial charge in [0.15, 0.2) is 0 Å². The summed E-state index contributed by atoms with van der Waals surface area (Å²) in [6.45, 7) is 2.92. The van der Waals surface area contributed by atoms with Crippen LogP contribution in [0.25, 0.3) is 0 Å². The molecule has 0 spiro atoms. The van der Waals surface area contributed by atoms with Crippen LogP contribution in [0.3, 0.4) is 0 Å². The topological polar surface area (TPSA) is 35.2 Å². The van der Waals surface area contributed by atoms with Crippen LogP contribution in [0, 0.1) is 6.92 Å². The molecule has 0 saturated heterocycles. The molecular formula is C13H16ClNO. The fourth-order valence-corrected chi connectivity index (χ4v) is 2.86. The van der Waals surface area contributed by atoms with Crippen LogP contribution in [-0.4, -0.2) is 6.61 Å². The first kappa shape index (κ1) is 10.4. The van der Waals surface area contributed by atoms with E-state index in [1.807, 2.05) is 6.07 Å². The van der Waals surface area contributed by atoms with Crippen LogP contribution < -0.4 is 10.5 Å². The van der Waals surface area contributed by atoms with Gasteiger partial charge in [0.05, 0.1) is 11.6 Å². The zero-order chi connectivity index (χ0) is 11.3. The lowest BCUT2D eigenvalue weighted by molar-refractivity contribution is 0.287. The third kappa shape index (κ3) is 1.44. The number of nitrogens with two attached hydrogens (primary N) is 1. The van der Waals surface area contributed by atoms with Crippen molar-refractivity contribution in [2.75, 3.05) is 6.61 Å². The highest BCUT2D eigenvalue weighted by atomic mass is 35.5. The normalized spacial score (nSPS) is 21.2. The first-order valence-electron chi connectivity index (χ1n) is 5.86. The van der Waals surface area contributed by atoms with Crippen molar-refractivity contribution in [3.8, 4) is 5.75 Å². The summed E-state index contributed by atoms with van der Waals surface area (Å²) in [5.41, 5.74) is 9.94. The van der Waals surface area contributed by atoms with Crippen molar-refractivity contribution in [2.45, 2.75) is 38.1 Å². The van der Waals surface area contributed by atoms with Gasteiger partial charge in [-0.3, -0.25) is 0 Å². The molecular weight excluding hydrogens is 222 g/mol. The van der Waals surface area contributed by atoms with Gasteiger partial charge in [0, 0.05) is 5.54 Å². The Morgan fingerprint density at radius 2 is 2.19 bits per heavy atom. The number of hydrogen-bond donors (Lipinski definition) is 1. The van der Waals surface area contributed by atoms with Crippen LogP contribution in [-0.2, 0) is 12.0 Å². The summed E-state index contributed by atoms with van der Waals surface area (Å²) in [6, 6.07) is 2.01. The molecule has 1 saturated carbocycles. The summed E-state index contributed by atoms with van der Waals surface area (Å²) in [5, 5.41) is 0.729. The number of ether oxygens (including phenoxy) is 1. The molecule has 0 atom stereocenters. The largest absolute Gasteiger partial charge is 0.492 e. The van der Waals surface area contributed by atoms with E-state index in [-0.39, 0.29) is 5.54 Å². The van der Waals surface area contributed by atoms with Crippen LogP contribution in [0.1, 0.15) is 36.0 Å². The lowest BCUT2D eigenvalue weighted by atomic mass is 9.92. The van der Waals surface area contributed by atoms with E-state index in [0.29, 0.717) is 0 Å². The SMILES string of the molecule is Cc1c(C2(N)CC2)cc(Cl)c2c1CCCO2. The second kappa shape index (κ2) is 3.38. The first-order valence-corrected chi connectivity index (χ1v) is 6.24. The van der Waals surface area contributed by atoms with E-state index in [4.69, 9.17) is 22.1 Å². The summed E-state index contributed by atoms with van der Waals surface area (Å²) in [5.74, 6) is 0.887. The van der Waals surface area contributed by atoms with Gasteiger partial charge in [0.2, 0.25) is 0 Å². The molecule has 1 fully saturated rings. The highest BCUT2D eigenvalue weighted by molar-refractivity contribution is 6.32. The van der Waals surface area contributed by atoms with E-state index < -0.39 is 0 Å². The van der Waals surface area contributed by atoms with Crippen LogP contribution in [0.15, 0.2) is 6.07 Å². The number of rotatable bonds is 1. The predicted octanol–water partition coefficient (Wildman–Crippen LogP) is 2.92. The zero-order valence-electron chi connectivity index (χ0n) is 9.48. The molecule has 1 aliphatic heterocycles. The Kier molecular flexibility index (Phi) is 2.20. The molecule has 2 N–H and O–H groups in total. The zero-order valence-corrected chi connectivity index (χ0v) is 10.2. The molecule has 1 aromatic rings. The van der Waals surface area contributed by atoms with Gasteiger partial charge in [-0.15, -0.1) is 0 Å². The second-order valence-corrected chi connectivity index (χ2v) is 5.35. The molecule has 1 heterocycles. The molecule has 1 aliphatic carbocycles. The smallest absolute Gasteiger partial charge is 0.141 e. The lowest BCUT2D eigenvalue weighted by Crippen LogP contribution is -2.22. The van der Waals surface area contributed by atoms with Crippen LogP contribution in [0.5, 0.6) is 5.75 Å². The third-order valence-corrected chi connectivity index (χ3v) is 4.04. The Balaban J connectivity index is 2.18. The van der Waals surface area contributed by atoms with Crippen molar-refractivity contribution in [1.29, 1.82) is 0 Å². The van der Waals surface area contributed by atoms with Gasteiger partial charge in [-0.05, 0) is 55.4 Å². The second-order valence-electron chi connectivity index (χ2n) is 4.95. The first-order chi connectivity index (χ1) is 7.62. The van der Waals surface area contributed by atoms with Gasteiger partial charge in [0.1, 0.15) is 5.75 Å². The summed E-state index contributed by atoms with van der Waals surface area (Å²) in [6.07, 6.45) is 4.28. The van der Waals surface area contributed by atoms with Gasteiger partial charge in [-0.25, -0.2) is 0 Å². The predicted molar refractivity (Wildman–Crippen MR) is 65.1 cm³/mol. The molecule has 0 aromatic heterocycles. The standard InChI is InChI=1S/C13H16ClNO/c1-8-9-3-2-6-16-12(9)11(14)7-10(8)13(15)4-5-13/h7H,2-6,15H2,1H3. The van der Waals surface area contributed by atoms with Crippen molar-refractivity contribution < 1.29 is 4.74 Å². The Morgan fingerprint density at radius 1 is 1.44 bits per heavy atom. The van der Waals surface area contributed by atoms with E-state index in [9.17, 15) is 0 Å². The van der Waals surface area contributed by atoms with E-state index in [0.717, 1.165) is 43.1 Å². The van der Waals surface area contributed by atoms with Crippen molar-refractivity contribution in [1.82, 2.24) is 0 Å². The average Bonchev–Trinajstić information content (AvgIpc) is 3.03. The molecule has 0 radical (unpaired) electrons. The Bertz CT molecular complexity index is 452. The summed E-state index contributed by atoms with van der Waals surface area (Å²) < 4.78 is 5.65. The quantitative estimate of drug-likeness (QED) is 0.815. The number of hydrogen-bond acceptors (Lipinski definition) is 2. The molecule has 16 heavy (non-hydrogen) atoms. The summed E-state index contributed by atoms with van der Waals surface area (Å²) >= 11 is 6.27. The van der Waals surface area contributed by atoms with Crippen molar-refractivity contribution in [3.63, 3.8) is 0 Å². The fourth-order valence-electron chi connectivity index (χ4n) is 2.58. The number of fused-ring (bicyclic) bond motifs is 1. The van der Waals surface area contributed by atoms with E-state index in [1.54, 1.807) is 0 Å². The van der Waals surface area contributed by atoms with Crippen molar-refractivity contribution >= 4 is 11.6 Å². The minimum absolute atomic E-state index is 0.111. The van der Waals surface area contributed by atoms with Gasteiger partial charge in [0.25, 0.3) is 0 Å². The number of halogens is 1. The molecule has 0 amide bonds. The third-order valence-electron chi connectivity index (χ3n) is 3.76. The van der Waals surface area contributed by atoms with E-state index in [2.05, 4.69) is 6.92 Å². The fraction of sp³-hybridized carbons (Fsp3) is 0.538. The molecule has 3 heteroatoms. The minimum atomic E-state index is -0.111. The molecule has 0 unspecified atom stereocenters. The molecule has 0 bridgehead atoms. The van der Waals surface area contributed by atoms with Crippen LogP contribution >= 0.6 is 11.6 Å². The maximum Gasteiger partial charge on any atom is 0.141 e. The van der Waals surface area contributed by atoms with E-state index in [1.165, 1.54) is 16.7 Å². The molecule has 3 rings (SSSR count). The van der Waals surface area contributed by atoms with E-state index >= 15 is 0 Å². The highest BCUT2D eigenvalue weighted by Gasteiger charge is 2.42. The van der Waals surface area contributed by atoms with Crippen molar-refractivity contribution in [3.05, 3.63) is 27.8 Å². The van der Waals surface area contributed by atoms with Crippen LogP contribution in [0.4, 0.5) is 0 Å². The Morgan fingerprint density at radius 3 is 2.88 bits per heavy atom. The molecule has 1 aromatic carbocycles. The minimum Gasteiger partial charge on any atom is -0.492 e. The van der Waals surface area contributed by atoms with Gasteiger partial charge < -0.3 is 10.5 Å². The van der Waals surface area contributed by atoms with Crippen LogP contribution in [0.2, 0.25) is 5.02 Å². The monoisotopic (exact) mass is 237 g/mol. The Hall–Kier alpha value is -0.730. The lowest BCUT2D eigenvalue weighted by Gasteiger charge is -2.24. The Labute approximate surface area is 101 Å². The number of benzene rings is 1. The van der Waals surface area contributed by atoms with Gasteiger partial charge in [-0.1, -0.05) is 11.6 Å². The maximum atomic E-state index is 6.27. The average molecular weight is 238 g/mol. The van der Waals surface area contributed by atoms with Crippen molar-refractivity contribution in [2.24, 2.45) is 5.73 Å². The van der Waals surface area contributed by atoms with Gasteiger partial charge >= 0.3 is 0 Å². The molecule has 2 nitrogen and oxygen atoms in total. The summed E-state index contributed by atoms with van der Waals surface area (Å²) in [4.78, 5) is 0. The molecule has 86 valence electrons. The summed E-state index contributed by atoms with van der Waals surface area (Å²) in [7, 11) is 0. The van der Waals surface area contributed by atoms with Gasteiger partial charge in [-0.2, -0.15) is 0 Å². The molecule has 2 aliphatic rings. The highest BCUT2D eigenvalue weighted by Crippen LogP contribution is 2.48.